The Balaban J connectivity index is 1.48. The Labute approximate surface area is 166 Å². The third-order valence-corrected chi connectivity index (χ3v) is 4.53. The molecular formula is C21H18ClN3O3. The molecule has 4 rings (SSSR count). The van der Waals surface area contributed by atoms with Gasteiger partial charge in [0.05, 0.1) is 30.4 Å². The molecule has 2 aromatic carbocycles. The number of carbonyl (C=O) groups is 1. The first-order valence-corrected chi connectivity index (χ1v) is 9.23. The number of amides is 1. The zero-order chi connectivity index (χ0) is 19.3. The molecule has 7 heteroatoms. The summed E-state index contributed by atoms with van der Waals surface area (Å²) in [4.78, 5) is 16.8. The first-order chi connectivity index (χ1) is 13.7. The maximum absolute atomic E-state index is 12.2. The molecule has 4 aromatic rings. The third-order valence-electron chi connectivity index (χ3n) is 4.28. The number of benzene rings is 2. The number of carbonyl (C=O) groups excluding carboxylic acids is 1. The lowest BCUT2D eigenvalue weighted by molar-refractivity contribution is 0.0921. The number of para-hydroxylation sites is 2. The Morgan fingerprint density at radius 1 is 1.11 bits per heavy atom. The first kappa shape index (κ1) is 18.1. The molecule has 28 heavy (non-hydrogen) atoms. The van der Waals surface area contributed by atoms with Crippen LogP contribution in [-0.4, -0.2) is 22.1 Å². The minimum atomic E-state index is -0.277. The van der Waals surface area contributed by atoms with Crippen LogP contribution in [0.5, 0.6) is 5.75 Å². The van der Waals surface area contributed by atoms with Crippen LogP contribution in [0, 0.1) is 0 Å². The van der Waals surface area contributed by atoms with E-state index in [2.05, 4.69) is 10.3 Å². The summed E-state index contributed by atoms with van der Waals surface area (Å²) in [5.74, 6) is 1.50. The van der Waals surface area contributed by atoms with Crippen LogP contribution in [0.15, 0.2) is 71.3 Å². The summed E-state index contributed by atoms with van der Waals surface area (Å²) in [6, 6.07) is 18.4. The van der Waals surface area contributed by atoms with E-state index in [0.717, 1.165) is 22.6 Å². The molecular weight excluding hydrogens is 378 g/mol. The molecule has 142 valence electrons. The lowest BCUT2D eigenvalue weighted by Crippen LogP contribution is -2.25. The summed E-state index contributed by atoms with van der Waals surface area (Å²) in [5.41, 5.74) is 1.86. The molecule has 0 radical (unpaired) electrons. The number of aromatic nitrogens is 2. The van der Waals surface area contributed by atoms with Crippen molar-refractivity contribution in [2.45, 2.75) is 13.1 Å². The van der Waals surface area contributed by atoms with E-state index in [0.29, 0.717) is 18.2 Å². The molecule has 0 saturated carbocycles. The molecule has 0 saturated heterocycles. The topological polar surface area (TPSA) is 69.3 Å². The minimum absolute atomic E-state index is 0.272. The molecule has 1 N–H and O–H groups in total. The molecule has 2 heterocycles. The van der Waals surface area contributed by atoms with E-state index < -0.39 is 0 Å². The van der Waals surface area contributed by atoms with Gasteiger partial charge in [0.2, 0.25) is 0 Å². The first-order valence-electron chi connectivity index (χ1n) is 8.85. The zero-order valence-electron chi connectivity index (χ0n) is 15.0. The van der Waals surface area contributed by atoms with E-state index in [4.69, 9.17) is 20.8 Å². The molecule has 0 aliphatic carbocycles. The van der Waals surface area contributed by atoms with Gasteiger partial charge in [-0.3, -0.25) is 4.79 Å². The minimum Gasteiger partial charge on any atom is -0.492 e. The predicted molar refractivity (Wildman–Crippen MR) is 107 cm³/mol. The van der Waals surface area contributed by atoms with E-state index >= 15 is 0 Å². The number of hydrogen-bond donors (Lipinski definition) is 1. The molecule has 0 atom stereocenters. The van der Waals surface area contributed by atoms with Crippen LogP contribution >= 0.6 is 11.6 Å². The van der Waals surface area contributed by atoms with Gasteiger partial charge in [0.15, 0.2) is 5.76 Å². The second-order valence-corrected chi connectivity index (χ2v) is 6.57. The average molecular weight is 396 g/mol. The van der Waals surface area contributed by atoms with Crippen molar-refractivity contribution in [1.29, 1.82) is 0 Å². The third kappa shape index (κ3) is 4.02. The van der Waals surface area contributed by atoms with Crippen LogP contribution in [-0.2, 0) is 13.1 Å². The van der Waals surface area contributed by atoms with Gasteiger partial charge in [-0.2, -0.15) is 0 Å². The molecule has 0 aliphatic rings. The fourth-order valence-electron chi connectivity index (χ4n) is 2.95. The largest absolute Gasteiger partial charge is 0.492 e. The van der Waals surface area contributed by atoms with Gasteiger partial charge in [-0.15, -0.1) is 0 Å². The highest BCUT2D eigenvalue weighted by molar-refractivity contribution is 6.30. The van der Waals surface area contributed by atoms with Gasteiger partial charge in [-0.1, -0.05) is 23.7 Å². The molecule has 0 fully saturated rings. The van der Waals surface area contributed by atoms with Gasteiger partial charge < -0.3 is 19.0 Å². The Kier molecular flexibility index (Phi) is 5.30. The van der Waals surface area contributed by atoms with Crippen LogP contribution in [0.25, 0.3) is 11.0 Å². The van der Waals surface area contributed by atoms with Crippen LogP contribution in [0.2, 0.25) is 5.02 Å². The monoisotopic (exact) mass is 395 g/mol. The Morgan fingerprint density at radius 2 is 1.93 bits per heavy atom. The van der Waals surface area contributed by atoms with E-state index in [1.54, 1.807) is 24.3 Å². The van der Waals surface area contributed by atoms with Gasteiger partial charge in [0.1, 0.15) is 18.2 Å². The molecule has 0 aliphatic heterocycles. The molecule has 0 spiro atoms. The van der Waals surface area contributed by atoms with E-state index in [9.17, 15) is 4.79 Å². The van der Waals surface area contributed by atoms with Crippen molar-refractivity contribution < 1.29 is 13.9 Å². The molecule has 1 amide bonds. The van der Waals surface area contributed by atoms with E-state index in [-0.39, 0.29) is 18.2 Å². The summed E-state index contributed by atoms with van der Waals surface area (Å²) in [6.45, 7) is 1.34. The van der Waals surface area contributed by atoms with Crippen LogP contribution < -0.4 is 10.1 Å². The SMILES string of the molecule is O=C(NCc1nc2ccccc2n1CCOc1ccc(Cl)cc1)c1ccco1. The predicted octanol–water partition coefficient (Wildman–Crippen LogP) is 4.29. The Morgan fingerprint density at radius 3 is 2.71 bits per heavy atom. The number of nitrogens with zero attached hydrogens (tertiary/aromatic N) is 2. The summed E-state index contributed by atoms with van der Waals surface area (Å²) >= 11 is 5.90. The van der Waals surface area contributed by atoms with Gasteiger partial charge in [0.25, 0.3) is 5.91 Å². The molecule has 0 bridgehead atoms. The molecule has 2 aromatic heterocycles. The van der Waals surface area contributed by atoms with Crippen LogP contribution in [0.3, 0.4) is 0 Å². The Hall–Kier alpha value is -3.25. The summed E-state index contributed by atoms with van der Waals surface area (Å²) in [6.07, 6.45) is 1.47. The van der Waals surface area contributed by atoms with Crippen molar-refractivity contribution in [1.82, 2.24) is 14.9 Å². The molecule has 6 nitrogen and oxygen atoms in total. The molecule has 0 unspecified atom stereocenters. The number of fused-ring (bicyclic) bond motifs is 1. The van der Waals surface area contributed by atoms with E-state index in [1.165, 1.54) is 6.26 Å². The number of furan rings is 1. The van der Waals surface area contributed by atoms with Crippen molar-refractivity contribution in [2.75, 3.05) is 6.61 Å². The van der Waals surface area contributed by atoms with Gasteiger partial charge in [-0.05, 0) is 48.5 Å². The summed E-state index contributed by atoms with van der Waals surface area (Å²) in [7, 11) is 0. The normalized spacial score (nSPS) is 10.9. The second-order valence-electron chi connectivity index (χ2n) is 6.13. The van der Waals surface area contributed by atoms with Crippen LogP contribution in [0.1, 0.15) is 16.4 Å². The van der Waals surface area contributed by atoms with Gasteiger partial charge >= 0.3 is 0 Å². The standard InChI is InChI=1S/C21H18ClN3O3/c22-15-7-9-16(10-8-15)27-13-11-25-18-5-2-1-4-17(18)24-20(25)14-23-21(26)19-6-3-12-28-19/h1-10,12H,11,13-14H2,(H,23,26). The Bertz CT molecular complexity index is 1070. The lowest BCUT2D eigenvalue weighted by Gasteiger charge is -2.11. The fraction of sp³-hybridized carbons (Fsp3) is 0.143. The number of hydrogen-bond acceptors (Lipinski definition) is 4. The van der Waals surface area contributed by atoms with E-state index in [1.807, 2.05) is 41.0 Å². The quantitative estimate of drug-likeness (QED) is 0.506. The van der Waals surface area contributed by atoms with Gasteiger partial charge in [-0.25, -0.2) is 4.98 Å². The number of ether oxygens (including phenoxy) is 1. The van der Waals surface area contributed by atoms with Crippen LogP contribution in [0.4, 0.5) is 0 Å². The maximum atomic E-state index is 12.2. The summed E-state index contributed by atoms with van der Waals surface area (Å²) in [5, 5.41) is 3.51. The fourth-order valence-corrected chi connectivity index (χ4v) is 3.08. The number of rotatable bonds is 7. The van der Waals surface area contributed by atoms with Crippen molar-refractivity contribution in [3.8, 4) is 5.75 Å². The highest BCUT2D eigenvalue weighted by Gasteiger charge is 2.13. The number of halogens is 1. The van der Waals surface area contributed by atoms with Gasteiger partial charge in [0, 0.05) is 5.02 Å². The maximum Gasteiger partial charge on any atom is 0.287 e. The zero-order valence-corrected chi connectivity index (χ0v) is 15.7. The lowest BCUT2D eigenvalue weighted by atomic mass is 10.3. The highest BCUT2D eigenvalue weighted by Crippen LogP contribution is 2.18. The van der Waals surface area contributed by atoms with Crippen molar-refractivity contribution in [2.24, 2.45) is 0 Å². The summed E-state index contributed by atoms with van der Waals surface area (Å²) < 4.78 is 13.0. The van der Waals surface area contributed by atoms with Crippen molar-refractivity contribution in [3.63, 3.8) is 0 Å². The average Bonchev–Trinajstić information content (AvgIpc) is 3.36. The van der Waals surface area contributed by atoms with Crippen molar-refractivity contribution >= 4 is 28.5 Å². The second kappa shape index (κ2) is 8.19. The number of nitrogens with one attached hydrogen (secondary N) is 1. The smallest absolute Gasteiger partial charge is 0.287 e. The van der Waals surface area contributed by atoms with Crippen molar-refractivity contribution in [3.05, 3.63) is 83.5 Å². The highest BCUT2D eigenvalue weighted by atomic mass is 35.5. The number of imidazole rings is 1.